The van der Waals surface area contributed by atoms with Crippen LogP contribution < -0.4 is 9.64 Å². The summed E-state index contributed by atoms with van der Waals surface area (Å²) in [4.78, 5) is 21.1. The van der Waals surface area contributed by atoms with E-state index in [0.29, 0.717) is 11.5 Å². The number of hydrogen-bond acceptors (Lipinski definition) is 3. The largest absolute Gasteiger partial charge is 0.497 e. The van der Waals surface area contributed by atoms with Crippen molar-refractivity contribution in [2.24, 2.45) is 0 Å². The Morgan fingerprint density at radius 2 is 1.69 bits per heavy atom. The van der Waals surface area contributed by atoms with Crippen molar-refractivity contribution in [3.05, 3.63) is 95.7 Å². The summed E-state index contributed by atoms with van der Waals surface area (Å²) in [6, 6.07) is 25.4. The molecule has 0 radical (unpaired) electrons. The maximum atomic E-state index is 13.7. The van der Waals surface area contributed by atoms with Gasteiger partial charge < -0.3 is 14.6 Å². The van der Waals surface area contributed by atoms with Crippen molar-refractivity contribution in [2.75, 3.05) is 12.0 Å². The number of methoxy groups -OCH3 is 1. The van der Waals surface area contributed by atoms with Crippen LogP contribution in [0.5, 0.6) is 5.75 Å². The second-order valence-electron chi connectivity index (χ2n) is 8.16. The first-order valence-electron chi connectivity index (χ1n) is 10.6. The maximum absolute atomic E-state index is 13.7. The molecule has 158 valence electrons. The lowest BCUT2D eigenvalue weighted by atomic mass is 9.89. The molecular formula is C26H21N3O2S. The number of hydrogen-bond donors (Lipinski definition) is 1. The van der Waals surface area contributed by atoms with E-state index in [2.05, 4.69) is 34.1 Å². The Morgan fingerprint density at radius 3 is 2.44 bits per heavy atom. The van der Waals surface area contributed by atoms with Crippen molar-refractivity contribution in [3.63, 3.8) is 0 Å². The number of fused-ring (bicyclic) bond motifs is 4. The number of rotatable bonds is 3. The fraction of sp³-hybridized carbons (Fsp3) is 0.154. The highest BCUT2D eigenvalue weighted by Gasteiger charge is 2.50. The molecule has 1 saturated heterocycles. The van der Waals surface area contributed by atoms with Gasteiger partial charge in [-0.3, -0.25) is 9.69 Å². The number of aromatic nitrogens is 1. The molecule has 6 rings (SSSR count). The summed E-state index contributed by atoms with van der Waals surface area (Å²) in [6.45, 7) is 0. The molecule has 32 heavy (non-hydrogen) atoms. The van der Waals surface area contributed by atoms with E-state index < -0.39 is 0 Å². The van der Waals surface area contributed by atoms with Crippen molar-refractivity contribution >= 4 is 39.8 Å². The molecule has 3 aromatic carbocycles. The minimum Gasteiger partial charge on any atom is -0.497 e. The summed E-state index contributed by atoms with van der Waals surface area (Å²) in [5, 5.41) is 1.70. The topological polar surface area (TPSA) is 48.6 Å². The van der Waals surface area contributed by atoms with E-state index in [0.717, 1.165) is 33.6 Å². The molecule has 0 spiro atoms. The number of benzene rings is 3. The zero-order valence-electron chi connectivity index (χ0n) is 17.5. The number of para-hydroxylation sites is 2. The van der Waals surface area contributed by atoms with Crippen LogP contribution in [0, 0.1) is 0 Å². The van der Waals surface area contributed by atoms with Crippen molar-refractivity contribution < 1.29 is 9.53 Å². The molecule has 2 atom stereocenters. The number of carbonyl (C=O) groups is 1. The van der Waals surface area contributed by atoms with Gasteiger partial charge in [0.05, 0.1) is 18.8 Å². The van der Waals surface area contributed by atoms with Gasteiger partial charge in [-0.05, 0) is 53.7 Å². The van der Waals surface area contributed by atoms with Crippen LogP contribution in [-0.4, -0.2) is 34.1 Å². The molecule has 0 aliphatic carbocycles. The van der Waals surface area contributed by atoms with Crippen LogP contribution in [0.1, 0.15) is 22.9 Å². The van der Waals surface area contributed by atoms with Gasteiger partial charge in [0.15, 0.2) is 5.11 Å². The minimum atomic E-state index is -0.346. The summed E-state index contributed by atoms with van der Waals surface area (Å²) in [6.07, 6.45) is 0.619. The highest BCUT2D eigenvalue weighted by atomic mass is 32.1. The molecule has 6 heteroatoms. The summed E-state index contributed by atoms with van der Waals surface area (Å²) >= 11 is 5.93. The number of amides is 1. The van der Waals surface area contributed by atoms with E-state index in [1.807, 2.05) is 54.6 Å². The molecule has 0 unspecified atom stereocenters. The first-order chi connectivity index (χ1) is 15.7. The van der Waals surface area contributed by atoms with Crippen LogP contribution in [0.4, 0.5) is 5.69 Å². The first kappa shape index (κ1) is 19.1. The predicted molar refractivity (Wildman–Crippen MR) is 129 cm³/mol. The first-order valence-corrected chi connectivity index (χ1v) is 11.0. The van der Waals surface area contributed by atoms with Crippen LogP contribution in [0.2, 0.25) is 0 Å². The Hall–Kier alpha value is -3.64. The van der Waals surface area contributed by atoms with E-state index in [1.165, 1.54) is 5.56 Å². The number of H-pyrrole nitrogens is 1. The maximum Gasteiger partial charge on any atom is 0.256 e. The van der Waals surface area contributed by atoms with E-state index in [1.54, 1.807) is 12.0 Å². The molecule has 1 N–H and O–H groups in total. The Labute approximate surface area is 191 Å². The van der Waals surface area contributed by atoms with Crippen molar-refractivity contribution in [3.8, 4) is 5.75 Å². The number of thiocarbonyl (C=S) groups is 1. The molecule has 2 aliphatic rings. The molecule has 0 bridgehead atoms. The summed E-state index contributed by atoms with van der Waals surface area (Å²) in [5.41, 5.74) is 5.23. The Bertz CT molecular complexity index is 1350. The molecule has 0 saturated carbocycles. The van der Waals surface area contributed by atoms with Gasteiger partial charge in [0.2, 0.25) is 0 Å². The van der Waals surface area contributed by atoms with Crippen LogP contribution in [-0.2, 0) is 11.2 Å². The van der Waals surface area contributed by atoms with Crippen molar-refractivity contribution in [2.45, 2.75) is 18.5 Å². The molecule has 1 amide bonds. The highest BCUT2D eigenvalue weighted by molar-refractivity contribution is 7.80. The highest BCUT2D eigenvalue weighted by Crippen LogP contribution is 2.45. The number of nitrogens with one attached hydrogen (secondary N) is 1. The quantitative estimate of drug-likeness (QED) is 0.465. The van der Waals surface area contributed by atoms with Gasteiger partial charge in [-0.2, -0.15) is 0 Å². The third kappa shape index (κ3) is 2.69. The number of ether oxygens (including phenoxy) is 1. The third-order valence-electron chi connectivity index (χ3n) is 6.50. The number of anilines is 1. The second-order valence-corrected chi connectivity index (χ2v) is 8.52. The van der Waals surface area contributed by atoms with E-state index in [9.17, 15) is 4.79 Å². The van der Waals surface area contributed by atoms with Crippen molar-refractivity contribution in [1.82, 2.24) is 9.88 Å². The van der Waals surface area contributed by atoms with E-state index >= 15 is 0 Å². The standard InChI is InChI=1S/C26H21N3O2S/c1-31-18-13-11-16(12-14-18)24-23-20(19-9-5-6-10-21(19)27-23)15-22-25(30)28(26(32)29(22)24)17-7-3-2-4-8-17/h2-14,22,24,27H,15H2,1H3/t22-,24+/m1/s1. The number of aromatic amines is 1. The fourth-order valence-corrected chi connectivity index (χ4v) is 5.45. The summed E-state index contributed by atoms with van der Waals surface area (Å²) in [5.74, 6) is 0.819. The van der Waals surface area contributed by atoms with Crippen molar-refractivity contribution in [1.29, 1.82) is 0 Å². The van der Waals surface area contributed by atoms with Crippen LogP contribution >= 0.6 is 12.2 Å². The van der Waals surface area contributed by atoms with Gasteiger partial charge in [-0.15, -0.1) is 0 Å². The molecule has 4 aromatic rings. The molecule has 2 aliphatic heterocycles. The molecular weight excluding hydrogens is 418 g/mol. The summed E-state index contributed by atoms with van der Waals surface area (Å²) < 4.78 is 5.36. The van der Waals surface area contributed by atoms with Gasteiger partial charge in [-0.1, -0.05) is 48.5 Å². The summed E-state index contributed by atoms with van der Waals surface area (Å²) in [7, 11) is 1.66. The van der Waals surface area contributed by atoms with Gasteiger partial charge in [0.25, 0.3) is 5.91 Å². The zero-order valence-corrected chi connectivity index (χ0v) is 18.3. The van der Waals surface area contributed by atoms with Crippen LogP contribution in [0.15, 0.2) is 78.9 Å². The van der Waals surface area contributed by atoms with Gasteiger partial charge in [0, 0.05) is 23.0 Å². The molecule has 1 aromatic heterocycles. The molecule has 1 fully saturated rings. The monoisotopic (exact) mass is 439 g/mol. The van der Waals surface area contributed by atoms with Gasteiger partial charge in [0.1, 0.15) is 11.8 Å². The lowest BCUT2D eigenvalue weighted by molar-refractivity contribution is -0.120. The third-order valence-corrected chi connectivity index (χ3v) is 6.89. The molecule has 5 nitrogen and oxygen atoms in total. The predicted octanol–water partition coefficient (Wildman–Crippen LogP) is 4.82. The van der Waals surface area contributed by atoms with E-state index in [4.69, 9.17) is 17.0 Å². The second kappa shape index (κ2) is 7.21. The lowest BCUT2D eigenvalue weighted by Gasteiger charge is -2.37. The van der Waals surface area contributed by atoms with Gasteiger partial charge in [-0.25, -0.2) is 0 Å². The fourth-order valence-electron chi connectivity index (χ4n) is 5.02. The normalized spacial score (nSPS) is 19.9. The number of carbonyl (C=O) groups excluding carboxylic acids is 1. The molecule has 3 heterocycles. The van der Waals surface area contributed by atoms with Crippen LogP contribution in [0.25, 0.3) is 10.9 Å². The van der Waals surface area contributed by atoms with E-state index in [-0.39, 0.29) is 18.0 Å². The van der Waals surface area contributed by atoms with Gasteiger partial charge >= 0.3 is 0 Å². The smallest absolute Gasteiger partial charge is 0.256 e. The SMILES string of the molecule is COc1ccc([C@H]2c3[nH]c4ccccc4c3C[C@@H]3C(=O)N(c4ccccc4)C(=S)N23)cc1. The zero-order chi connectivity index (χ0) is 21.8. The Balaban J connectivity index is 1.54. The lowest BCUT2D eigenvalue weighted by Crippen LogP contribution is -2.44. The minimum absolute atomic E-state index is 0.0237. The average Bonchev–Trinajstić information content (AvgIpc) is 3.33. The van der Waals surface area contributed by atoms with Crippen LogP contribution in [0.3, 0.4) is 0 Å². The number of nitrogens with zero attached hydrogens (tertiary/aromatic N) is 2. The Morgan fingerprint density at radius 1 is 0.969 bits per heavy atom. The Kier molecular flexibility index (Phi) is 4.30. The average molecular weight is 440 g/mol.